The van der Waals surface area contributed by atoms with E-state index in [2.05, 4.69) is 4.98 Å². The summed E-state index contributed by atoms with van der Waals surface area (Å²) < 4.78 is 39.2. The highest BCUT2D eigenvalue weighted by Gasteiger charge is 2.26. The third-order valence-corrected chi connectivity index (χ3v) is 4.55. The van der Waals surface area contributed by atoms with Crippen LogP contribution in [0.25, 0.3) is 11.3 Å². The number of nitrogen functional groups attached to an aromatic ring is 1. The summed E-state index contributed by atoms with van der Waals surface area (Å²) in [4.78, 5) is 16.1. The molecule has 0 amide bonds. The fourth-order valence-electron chi connectivity index (χ4n) is 2.05. The number of esters is 1. The van der Waals surface area contributed by atoms with E-state index in [1.807, 2.05) is 0 Å². The lowest BCUT2D eigenvalue weighted by Gasteiger charge is -2.14. The number of pyridine rings is 1. The number of hydrogen-bond acceptors (Lipinski definition) is 5. The molecule has 0 spiro atoms. The van der Waals surface area contributed by atoms with Crippen LogP contribution in [0.5, 0.6) is 5.75 Å². The first kappa shape index (κ1) is 19.6. The summed E-state index contributed by atoms with van der Waals surface area (Å²) in [6, 6.07) is 2.57. The Kier molecular flexibility index (Phi) is 6.04. The predicted octanol–water partition coefficient (Wildman–Crippen LogP) is 4.44. The van der Waals surface area contributed by atoms with E-state index in [4.69, 9.17) is 26.8 Å². The Bertz CT molecular complexity index is 847. The molecule has 2 rings (SSSR count). The van der Waals surface area contributed by atoms with Crippen molar-refractivity contribution < 1.29 is 23.0 Å². The van der Waals surface area contributed by atoms with Gasteiger partial charge >= 0.3 is 5.97 Å². The Morgan fingerprint density at radius 2 is 1.96 bits per heavy atom. The first-order valence-corrected chi connectivity index (χ1v) is 8.52. The SMILES string of the molecule is COc1c(Cl)ccc(-c2nc(C(=O)OC(C)C)c(I)c(N)c2F)c1F. The van der Waals surface area contributed by atoms with Crippen LogP contribution in [-0.4, -0.2) is 24.2 Å². The van der Waals surface area contributed by atoms with Crippen molar-refractivity contribution in [2.45, 2.75) is 20.0 Å². The lowest BCUT2D eigenvalue weighted by molar-refractivity contribution is 0.0369. The summed E-state index contributed by atoms with van der Waals surface area (Å²) >= 11 is 7.53. The van der Waals surface area contributed by atoms with Crippen LogP contribution < -0.4 is 10.5 Å². The minimum Gasteiger partial charge on any atom is -0.492 e. The third-order valence-electron chi connectivity index (χ3n) is 3.16. The van der Waals surface area contributed by atoms with Gasteiger partial charge in [0.15, 0.2) is 23.1 Å². The van der Waals surface area contributed by atoms with Crippen molar-refractivity contribution in [1.29, 1.82) is 0 Å². The molecule has 0 radical (unpaired) electrons. The van der Waals surface area contributed by atoms with Crippen LogP contribution in [0.1, 0.15) is 24.3 Å². The molecule has 0 saturated carbocycles. The van der Waals surface area contributed by atoms with Crippen molar-refractivity contribution in [3.8, 4) is 17.0 Å². The Balaban J connectivity index is 2.71. The maximum absolute atomic E-state index is 14.6. The Morgan fingerprint density at radius 1 is 1.32 bits per heavy atom. The number of nitrogens with two attached hydrogens (primary N) is 1. The summed E-state index contributed by atoms with van der Waals surface area (Å²) in [6.07, 6.45) is -0.410. The lowest BCUT2D eigenvalue weighted by atomic mass is 10.1. The van der Waals surface area contributed by atoms with Crippen LogP contribution in [0.15, 0.2) is 12.1 Å². The van der Waals surface area contributed by atoms with Gasteiger partial charge in [-0.3, -0.25) is 0 Å². The number of ether oxygens (including phenoxy) is 2. The topological polar surface area (TPSA) is 74.4 Å². The van der Waals surface area contributed by atoms with Crippen LogP contribution in [0.4, 0.5) is 14.5 Å². The van der Waals surface area contributed by atoms with Crippen LogP contribution in [0, 0.1) is 15.2 Å². The van der Waals surface area contributed by atoms with Crippen molar-refractivity contribution in [2.24, 2.45) is 0 Å². The van der Waals surface area contributed by atoms with Crippen LogP contribution >= 0.6 is 34.2 Å². The van der Waals surface area contributed by atoms with Crippen LogP contribution in [0.2, 0.25) is 5.02 Å². The largest absolute Gasteiger partial charge is 0.492 e. The molecule has 1 aromatic carbocycles. The highest BCUT2D eigenvalue weighted by Crippen LogP contribution is 2.37. The first-order valence-electron chi connectivity index (χ1n) is 7.06. The smallest absolute Gasteiger partial charge is 0.358 e. The summed E-state index contributed by atoms with van der Waals surface area (Å²) in [5.41, 5.74) is 4.54. The standard InChI is InChI=1S/C16H14ClF2IN2O3/c1-6(2)25-16(23)14-11(20)12(21)10(19)13(22-14)7-4-5-8(17)15(24-3)9(7)18/h4-6H,1-3H3,(H2,21,22). The normalized spacial score (nSPS) is 10.9. The molecule has 134 valence electrons. The number of nitrogens with zero attached hydrogens (tertiary/aromatic N) is 1. The maximum atomic E-state index is 14.6. The highest BCUT2D eigenvalue weighted by molar-refractivity contribution is 14.1. The van der Waals surface area contributed by atoms with Crippen molar-refractivity contribution in [2.75, 3.05) is 12.8 Å². The molecular formula is C16H14ClF2IN2O3. The monoisotopic (exact) mass is 482 g/mol. The lowest BCUT2D eigenvalue weighted by Crippen LogP contribution is -2.17. The molecule has 2 N–H and O–H groups in total. The minimum absolute atomic E-state index is 0.0158. The molecule has 0 aliphatic rings. The molecule has 0 fully saturated rings. The molecule has 0 aliphatic carbocycles. The second-order valence-electron chi connectivity index (χ2n) is 5.25. The second kappa shape index (κ2) is 7.69. The quantitative estimate of drug-likeness (QED) is 0.515. The first-order chi connectivity index (χ1) is 11.7. The molecule has 0 unspecified atom stereocenters. The molecule has 1 heterocycles. The molecule has 0 atom stereocenters. The van der Waals surface area contributed by atoms with Crippen molar-refractivity contribution in [1.82, 2.24) is 4.98 Å². The zero-order valence-electron chi connectivity index (χ0n) is 13.5. The number of aromatic nitrogens is 1. The number of hydrogen-bond donors (Lipinski definition) is 1. The molecule has 1 aromatic heterocycles. The van der Waals surface area contributed by atoms with Gasteiger partial charge in [-0.05, 0) is 48.6 Å². The van der Waals surface area contributed by atoms with Crippen molar-refractivity contribution in [3.05, 3.63) is 38.1 Å². The van der Waals surface area contributed by atoms with E-state index >= 15 is 0 Å². The fraction of sp³-hybridized carbons (Fsp3) is 0.250. The van der Waals surface area contributed by atoms with Crippen molar-refractivity contribution >= 4 is 45.8 Å². The summed E-state index contributed by atoms with van der Waals surface area (Å²) in [5.74, 6) is -2.91. The average Bonchev–Trinajstić information content (AvgIpc) is 2.53. The van der Waals surface area contributed by atoms with E-state index in [-0.39, 0.29) is 31.3 Å². The molecule has 0 bridgehead atoms. The van der Waals surface area contributed by atoms with E-state index in [1.165, 1.54) is 19.2 Å². The van der Waals surface area contributed by atoms with E-state index < -0.39 is 29.4 Å². The van der Waals surface area contributed by atoms with Gasteiger partial charge in [0.1, 0.15) is 5.69 Å². The van der Waals surface area contributed by atoms with Gasteiger partial charge in [0.05, 0.1) is 27.5 Å². The van der Waals surface area contributed by atoms with E-state index in [0.29, 0.717) is 0 Å². The number of carbonyl (C=O) groups is 1. The van der Waals surface area contributed by atoms with Gasteiger partial charge in [0.2, 0.25) is 0 Å². The molecule has 5 nitrogen and oxygen atoms in total. The predicted molar refractivity (Wildman–Crippen MR) is 98.8 cm³/mol. The number of carbonyl (C=O) groups excluding carboxylic acids is 1. The van der Waals surface area contributed by atoms with Crippen LogP contribution in [-0.2, 0) is 4.74 Å². The van der Waals surface area contributed by atoms with Gasteiger partial charge in [-0.15, -0.1) is 0 Å². The number of halogens is 4. The zero-order chi connectivity index (χ0) is 18.9. The number of anilines is 1. The van der Waals surface area contributed by atoms with Crippen LogP contribution in [0.3, 0.4) is 0 Å². The van der Waals surface area contributed by atoms with Gasteiger partial charge in [-0.25, -0.2) is 18.6 Å². The van der Waals surface area contributed by atoms with Gasteiger partial charge < -0.3 is 15.2 Å². The Hall–Kier alpha value is -1.68. The molecule has 9 heteroatoms. The Morgan fingerprint density at radius 3 is 2.52 bits per heavy atom. The van der Waals surface area contributed by atoms with E-state index in [0.717, 1.165) is 0 Å². The second-order valence-corrected chi connectivity index (χ2v) is 6.73. The molecular weight excluding hydrogens is 469 g/mol. The Labute approximate surface area is 161 Å². The highest BCUT2D eigenvalue weighted by atomic mass is 127. The van der Waals surface area contributed by atoms with Gasteiger partial charge in [-0.1, -0.05) is 11.6 Å². The molecule has 25 heavy (non-hydrogen) atoms. The number of methoxy groups -OCH3 is 1. The number of rotatable bonds is 4. The minimum atomic E-state index is -0.950. The summed E-state index contributed by atoms with van der Waals surface area (Å²) in [7, 11) is 1.23. The van der Waals surface area contributed by atoms with Crippen molar-refractivity contribution in [3.63, 3.8) is 0 Å². The number of benzene rings is 1. The third kappa shape index (κ3) is 3.79. The average molecular weight is 483 g/mol. The molecule has 0 saturated heterocycles. The van der Waals surface area contributed by atoms with Gasteiger partial charge in [-0.2, -0.15) is 0 Å². The van der Waals surface area contributed by atoms with Gasteiger partial charge in [0.25, 0.3) is 0 Å². The maximum Gasteiger partial charge on any atom is 0.358 e. The summed E-state index contributed by atoms with van der Waals surface area (Å²) in [5, 5.41) is 0.0158. The fourth-order valence-corrected chi connectivity index (χ4v) is 2.85. The van der Waals surface area contributed by atoms with Gasteiger partial charge in [0, 0.05) is 5.56 Å². The van der Waals surface area contributed by atoms with E-state index in [1.54, 1.807) is 36.4 Å². The summed E-state index contributed by atoms with van der Waals surface area (Å²) in [6.45, 7) is 3.31. The zero-order valence-corrected chi connectivity index (χ0v) is 16.4. The molecule has 2 aromatic rings. The molecule has 0 aliphatic heterocycles. The van der Waals surface area contributed by atoms with E-state index in [9.17, 15) is 13.6 Å².